The number of carbonyl (C=O) groups excluding carboxylic acids is 2. The quantitative estimate of drug-likeness (QED) is 0.167. The van der Waals surface area contributed by atoms with Crippen molar-refractivity contribution in [3.05, 3.63) is 129 Å². The summed E-state index contributed by atoms with van der Waals surface area (Å²) in [6.45, 7) is 5.44. The van der Waals surface area contributed by atoms with Crippen LogP contribution in [0.1, 0.15) is 35.6 Å². The third kappa shape index (κ3) is 8.66. The molecule has 7 nitrogen and oxygen atoms in total. The summed E-state index contributed by atoms with van der Waals surface area (Å²) in [5.74, 6) is -0.907. The van der Waals surface area contributed by atoms with Crippen LogP contribution in [-0.4, -0.2) is 44.3 Å². The first-order chi connectivity index (χ1) is 21.5. The van der Waals surface area contributed by atoms with Gasteiger partial charge < -0.3 is 10.2 Å². The summed E-state index contributed by atoms with van der Waals surface area (Å²) >= 11 is 12.7. The molecule has 10 heteroatoms. The molecule has 1 N–H and O–H groups in total. The van der Waals surface area contributed by atoms with E-state index in [1.807, 2.05) is 44.2 Å². The normalized spacial score (nSPS) is 11.9. The Balaban J connectivity index is 1.82. The number of nitrogens with zero attached hydrogens (tertiary/aromatic N) is 2. The second-order valence-corrected chi connectivity index (χ2v) is 13.6. The van der Waals surface area contributed by atoms with Gasteiger partial charge in [0.05, 0.1) is 10.6 Å². The lowest BCUT2D eigenvalue weighted by molar-refractivity contribution is -0.140. The Morgan fingerprint density at radius 1 is 0.867 bits per heavy atom. The van der Waals surface area contributed by atoms with E-state index in [0.29, 0.717) is 39.8 Å². The number of carbonyl (C=O) groups is 2. The van der Waals surface area contributed by atoms with Crippen LogP contribution in [-0.2, 0) is 32.6 Å². The summed E-state index contributed by atoms with van der Waals surface area (Å²) in [6, 6.07) is 26.9. The van der Waals surface area contributed by atoms with Crippen molar-refractivity contribution >= 4 is 50.7 Å². The molecule has 0 unspecified atom stereocenters. The van der Waals surface area contributed by atoms with Crippen LogP contribution >= 0.6 is 23.2 Å². The predicted molar refractivity (Wildman–Crippen MR) is 181 cm³/mol. The lowest BCUT2D eigenvalue weighted by atomic mass is 10.0. The smallest absolute Gasteiger partial charge is 0.264 e. The fourth-order valence-corrected chi connectivity index (χ4v) is 6.89. The molecule has 4 aromatic rings. The highest BCUT2D eigenvalue weighted by atomic mass is 35.5. The number of benzene rings is 4. The summed E-state index contributed by atoms with van der Waals surface area (Å²) in [5.41, 5.74) is 3.36. The Labute approximate surface area is 275 Å². The van der Waals surface area contributed by atoms with E-state index in [0.717, 1.165) is 15.4 Å². The van der Waals surface area contributed by atoms with E-state index in [2.05, 4.69) is 5.32 Å². The van der Waals surface area contributed by atoms with Gasteiger partial charge in [0.1, 0.15) is 12.6 Å². The topological polar surface area (TPSA) is 86.8 Å². The molecule has 0 bridgehead atoms. The number of para-hydroxylation sites is 1. The lowest BCUT2D eigenvalue weighted by Gasteiger charge is -2.34. The minimum Gasteiger partial charge on any atom is -0.354 e. The SMILES string of the molecule is CCCNC(=O)[C@H](Cc1ccccc1)N(Cc1ccc(Cl)cc1Cl)C(=O)CN(c1ccccc1C)S(=O)(=O)c1ccc(C)cc1. The molecule has 0 aromatic heterocycles. The zero-order valence-corrected chi connectivity index (χ0v) is 27.9. The van der Waals surface area contributed by atoms with E-state index in [1.54, 1.807) is 61.5 Å². The van der Waals surface area contributed by atoms with Gasteiger partial charge in [0.2, 0.25) is 11.8 Å². The van der Waals surface area contributed by atoms with Gasteiger partial charge in [-0.1, -0.05) is 102 Å². The number of sulfonamides is 1. The molecule has 2 amide bonds. The molecule has 0 saturated heterocycles. The van der Waals surface area contributed by atoms with Crippen molar-refractivity contribution in [2.24, 2.45) is 0 Å². The monoisotopic (exact) mass is 665 g/mol. The van der Waals surface area contributed by atoms with E-state index in [4.69, 9.17) is 23.2 Å². The maximum absolute atomic E-state index is 14.5. The van der Waals surface area contributed by atoms with E-state index < -0.39 is 28.5 Å². The first-order valence-electron chi connectivity index (χ1n) is 14.7. The first kappa shape index (κ1) is 34.0. The molecule has 1 atom stereocenters. The fraction of sp³-hybridized carbons (Fsp3) is 0.257. The summed E-state index contributed by atoms with van der Waals surface area (Å²) in [7, 11) is -4.19. The number of hydrogen-bond acceptors (Lipinski definition) is 4. The van der Waals surface area contributed by atoms with Crippen molar-refractivity contribution in [2.75, 3.05) is 17.4 Å². The van der Waals surface area contributed by atoms with Crippen molar-refractivity contribution in [3.63, 3.8) is 0 Å². The van der Waals surface area contributed by atoms with Gasteiger partial charge in [-0.2, -0.15) is 0 Å². The molecule has 0 saturated carbocycles. The zero-order valence-electron chi connectivity index (χ0n) is 25.5. The Morgan fingerprint density at radius 2 is 1.53 bits per heavy atom. The van der Waals surface area contributed by atoms with Gasteiger partial charge in [-0.05, 0) is 67.3 Å². The number of rotatable bonds is 13. The van der Waals surface area contributed by atoms with Gasteiger partial charge >= 0.3 is 0 Å². The van der Waals surface area contributed by atoms with Gasteiger partial charge in [-0.15, -0.1) is 0 Å². The van der Waals surface area contributed by atoms with Gasteiger partial charge in [0.15, 0.2) is 0 Å². The van der Waals surface area contributed by atoms with Crippen molar-refractivity contribution < 1.29 is 18.0 Å². The Hall–Kier alpha value is -3.85. The Morgan fingerprint density at radius 3 is 2.18 bits per heavy atom. The molecule has 45 heavy (non-hydrogen) atoms. The molecule has 4 rings (SSSR count). The first-order valence-corrected chi connectivity index (χ1v) is 16.9. The van der Waals surface area contributed by atoms with Crippen LogP contribution in [0.5, 0.6) is 0 Å². The van der Waals surface area contributed by atoms with Crippen LogP contribution in [0.25, 0.3) is 0 Å². The van der Waals surface area contributed by atoms with Gasteiger partial charge in [0.25, 0.3) is 10.0 Å². The van der Waals surface area contributed by atoms with E-state index >= 15 is 0 Å². The Kier molecular flexibility index (Phi) is 11.7. The lowest BCUT2D eigenvalue weighted by Crippen LogP contribution is -2.53. The highest BCUT2D eigenvalue weighted by molar-refractivity contribution is 7.92. The number of amides is 2. The van der Waals surface area contributed by atoms with E-state index in [9.17, 15) is 18.0 Å². The number of aryl methyl sites for hydroxylation is 2. The molecule has 0 fully saturated rings. The van der Waals surface area contributed by atoms with Crippen LogP contribution in [0.2, 0.25) is 10.0 Å². The molecular weight excluding hydrogens is 629 g/mol. The molecular formula is C35H37Cl2N3O4S. The maximum Gasteiger partial charge on any atom is 0.264 e. The zero-order chi connectivity index (χ0) is 32.6. The fourth-order valence-electron chi connectivity index (χ4n) is 4.95. The third-order valence-corrected chi connectivity index (χ3v) is 9.81. The van der Waals surface area contributed by atoms with Crippen LogP contribution in [0, 0.1) is 13.8 Å². The Bertz CT molecular complexity index is 1730. The van der Waals surface area contributed by atoms with Gasteiger partial charge in [-0.3, -0.25) is 13.9 Å². The number of anilines is 1. The minimum absolute atomic E-state index is 0.0436. The maximum atomic E-state index is 14.5. The molecule has 4 aromatic carbocycles. The van der Waals surface area contributed by atoms with E-state index in [-0.39, 0.29) is 23.8 Å². The van der Waals surface area contributed by atoms with Crippen LogP contribution < -0.4 is 9.62 Å². The summed E-state index contributed by atoms with van der Waals surface area (Å²) < 4.78 is 29.5. The van der Waals surface area contributed by atoms with Crippen molar-refractivity contribution in [1.82, 2.24) is 10.2 Å². The van der Waals surface area contributed by atoms with Gasteiger partial charge in [0, 0.05) is 29.6 Å². The molecule has 0 aliphatic rings. The second-order valence-electron chi connectivity index (χ2n) is 10.9. The second kappa shape index (κ2) is 15.4. The molecule has 0 aliphatic heterocycles. The molecule has 0 spiro atoms. The summed E-state index contributed by atoms with van der Waals surface area (Å²) in [6.07, 6.45) is 0.916. The molecule has 236 valence electrons. The number of halogens is 2. The minimum atomic E-state index is -4.19. The molecule has 0 aliphatic carbocycles. The van der Waals surface area contributed by atoms with Crippen LogP contribution in [0.15, 0.2) is 102 Å². The average molecular weight is 667 g/mol. The molecule has 0 radical (unpaired) electrons. The summed E-state index contributed by atoms with van der Waals surface area (Å²) in [5, 5.41) is 3.69. The van der Waals surface area contributed by atoms with Gasteiger partial charge in [-0.25, -0.2) is 8.42 Å². The number of nitrogens with one attached hydrogen (secondary N) is 1. The number of hydrogen-bond donors (Lipinski definition) is 1. The highest BCUT2D eigenvalue weighted by Gasteiger charge is 2.35. The van der Waals surface area contributed by atoms with Crippen molar-refractivity contribution in [1.29, 1.82) is 0 Å². The predicted octanol–water partition coefficient (Wildman–Crippen LogP) is 6.97. The molecule has 0 heterocycles. The standard InChI is InChI=1S/C35H37Cl2N3O4S/c1-4-20-38-35(42)33(21-27-11-6-5-7-12-27)39(23-28-16-17-29(36)22-31(28)37)34(41)24-40(32-13-9-8-10-26(32)3)45(43,44)30-18-14-25(2)15-19-30/h5-19,22,33H,4,20-21,23-24H2,1-3H3,(H,38,42)/t33-/m0/s1. The average Bonchev–Trinajstić information content (AvgIpc) is 3.02. The van der Waals surface area contributed by atoms with Crippen LogP contribution in [0.3, 0.4) is 0 Å². The van der Waals surface area contributed by atoms with Crippen LogP contribution in [0.4, 0.5) is 5.69 Å². The van der Waals surface area contributed by atoms with E-state index in [1.165, 1.54) is 17.0 Å². The summed E-state index contributed by atoms with van der Waals surface area (Å²) in [4.78, 5) is 29.8. The largest absolute Gasteiger partial charge is 0.354 e. The highest BCUT2D eigenvalue weighted by Crippen LogP contribution is 2.29. The third-order valence-electron chi connectivity index (χ3n) is 7.45. The van der Waals surface area contributed by atoms with Crippen molar-refractivity contribution in [3.8, 4) is 0 Å². The van der Waals surface area contributed by atoms with Crippen molar-refractivity contribution in [2.45, 2.75) is 51.1 Å².